The molecule has 2 N–H and O–H groups in total. The quantitative estimate of drug-likeness (QED) is 0.345. The fraction of sp³-hybridized carbons (Fsp3) is 0.682. The van der Waals surface area contributed by atoms with Crippen molar-refractivity contribution in [1.82, 2.24) is 20.4 Å². The molecule has 1 unspecified atom stereocenters. The maximum absolute atomic E-state index is 5.82. The number of piperazine rings is 1. The van der Waals surface area contributed by atoms with Gasteiger partial charge in [-0.15, -0.1) is 0 Å². The molecule has 0 amide bonds. The molecular formula is C22H39N5O. The molecule has 1 heterocycles. The maximum atomic E-state index is 5.82. The van der Waals surface area contributed by atoms with Crippen LogP contribution >= 0.6 is 0 Å². The molecule has 1 aliphatic heterocycles. The Morgan fingerprint density at radius 2 is 1.86 bits per heavy atom. The van der Waals surface area contributed by atoms with E-state index in [1.165, 1.54) is 51.1 Å². The van der Waals surface area contributed by atoms with Gasteiger partial charge in [-0.1, -0.05) is 37.3 Å². The van der Waals surface area contributed by atoms with E-state index in [0.29, 0.717) is 12.5 Å². The van der Waals surface area contributed by atoms with Gasteiger partial charge in [0, 0.05) is 46.3 Å². The van der Waals surface area contributed by atoms with E-state index < -0.39 is 0 Å². The number of unbranched alkanes of at least 4 members (excludes halogenated alkanes) is 1. The normalized spacial score (nSPS) is 17.5. The molecule has 6 nitrogen and oxygen atoms in total. The third kappa shape index (κ3) is 9.53. The van der Waals surface area contributed by atoms with Crippen LogP contribution in [0.3, 0.4) is 0 Å². The molecule has 1 atom stereocenters. The lowest BCUT2D eigenvalue weighted by atomic mass is 10.2. The summed E-state index contributed by atoms with van der Waals surface area (Å²) in [6, 6.07) is 10.3. The molecule has 0 aliphatic carbocycles. The summed E-state index contributed by atoms with van der Waals surface area (Å²) < 4.78 is 5.82. The molecule has 1 aromatic rings. The summed E-state index contributed by atoms with van der Waals surface area (Å²) in [6.07, 6.45) is 2.40. The Balaban J connectivity index is 1.48. The van der Waals surface area contributed by atoms with Gasteiger partial charge in [-0.25, -0.2) is 0 Å². The van der Waals surface area contributed by atoms with Crippen LogP contribution in [0.15, 0.2) is 35.3 Å². The van der Waals surface area contributed by atoms with Crippen LogP contribution in [0.2, 0.25) is 0 Å². The predicted octanol–water partition coefficient (Wildman–Crippen LogP) is 2.03. The fourth-order valence-electron chi connectivity index (χ4n) is 3.24. The maximum Gasteiger partial charge on any atom is 0.190 e. The monoisotopic (exact) mass is 389 g/mol. The van der Waals surface area contributed by atoms with Crippen molar-refractivity contribution in [3.63, 3.8) is 0 Å². The predicted molar refractivity (Wildman–Crippen MR) is 118 cm³/mol. The first-order valence-corrected chi connectivity index (χ1v) is 10.6. The molecule has 2 rings (SSSR count). The highest BCUT2D eigenvalue weighted by atomic mass is 16.5. The minimum atomic E-state index is 0.430. The molecule has 0 bridgehead atoms. The van der Waals surface area contributed by atoms with E-state index in [-0.39, 0.29) is 0 Å². The smallest absolute Gasteiger partial charge is 0.190 e. The Hall–Kier alpha value is -1.63. The zero-order chi connectivity index (χ0) is 20.0. The largest absolute Gasteiger partial charge is 0.376 e. The van der Waals surface area contributed by atoms with Crippen molar-refractivity contribution in [3.05, 3.63) is 35.9 Å². The second kappa shape index (κ2) is 13.5. The number of nitrogens with one attached hydrogen (secondary N) is 2. The molecule has 158 valence electrons. The molecule has 1 aliphatic rings. The second-order valence-electron chi connectivity index (χ2n) is 7.84. The van der Waals surface area contributed by atoms with Gasteiger partial charge >= 0.3 is 0 Å². The average molecular weight is 390 g/mol. The number of nitrogens with zero attached hydrogens (tertiary/aromatic N) is 3. The van der Waals surface area contributed by atoms with E-state index in [1.807, 2.05) is 25.2 Å². The van der Waals surface area contributed by atoms with Gasteiger partial charge in [0.2, 0.25) is 0 Å². The van der Waals surface area contributed by atoms with Gasteiger partial charge in [-0.3, -0.25) is 4.99 Å². The van der Waals surface area contributed by atoms with Crippen LogP contribution in [0.4, 0.5) is 0 Å². The van der Waals surface area contributed by atoms with Crippen molar-refractivity contribution in [2.45, 2.75) is 26.4 Å². The molecular weight excluding hydrogens is 350 g/mol. The molecule has 0 radical (unpaired) electrons. The summed E-state index contributed by atoms with van der Waals surface area (Å²) in [5, 5.41) is 6.83. The molecule has 1 aromatic carbocycles. The van der Waals surface area contributed by atoms with Crippen LogP contribution in [0.1, 0.15) is 25.3 Å². The number of hydrogen-bond donors (Lipinski definition) is 2. The minimum absolute atomic E-state index is 0.430. The molecule has 0 saturated carbocycles. The van der Waals surface area contributed by atoms with Crippen LogP contribution in [0.5, 0.6) is 0 Å². The lowest BCUT2D eigenvalue weighted by Gasteiger charge is -2.32. The SMILES string of the molecule is CN=C(NCCCCN1CCN(C)CC1)NCC(C)COCc1ccccc1. The van der Waals surface area contributed by atoms with E-state index in [1.54, 1.807) is 0 Å². The molecule has 0 spiro atoms. The lowest BCUT2D eigenvalue weighted by Crippen LogP contribution is -2.44. The number of guanidine groups is 1. The zero-order valence-electron chi connectivity index (χ0n) is 18.0. The van der Waals surface area contributed by atoms with Crippen molar-refractivity contribution in [3.8, 4) is 0 Å². The number of hydrogen-bond acceptors (Lipinski definition) is 4. The summed E-state index contributed by atoms with van der Waals surface area (Å²) in [5.41, 5.74) is 1.22. The van der Waals surface area contributed by atoms with E-state index in [9.17, 15) is 0 Å². The van der Waals surface area contributed by atoms with Crippen molar-refractivity contribution in [2.24, 2.45) is 10.9 Å². The summed E-state index contributed by atoms with van der Waals surface area (Å²) in [4.78, 5) is 9.30. The molecule has 6 heteroatoms. The third-order valence-electron chi connectivity index (χ3n) is 5.14. The first-order chi connectivity index (χ1) is 13.7. The Bertz CT molecular complexity index is 543. The summed E-state index contributed by atoms with van der Waals surface area (Å²) in [7, 11) is 4.03. The van der Waals surface area contributed by atoms with Gasteiger partial charge < -0.3 is 25.2 Å². The van der Waals surface area contributed by atoms with Crippen LogP contribution < -0.4 is 10.6 Å². The van der Waals surface area contributed by atoms with E-state index in [2.05, 4.69) is 51.5 Å². The van der Waals surface area contributed by atoms with Crippen molar-refractivity contribution >= 4 is 5.96 Å². The number of benzene rings is 1. The number of aliphatic imine (C=N–C) groups is 1. The van der Waals surface area contributed by atoms with Crippen molar-refractivity contribution in [2.75, 3.05) is 66.5 Å². The van der Waals surface area contributed by atoms with Gasteiger partial charge in [-0.2, -0.15) is 0 Å². The average Bonchev–Trinajstić information content (AvgIpc) is 2.72. The second-order valence-corrected chi connectivity index (χ2v) is 7.84. The highest BCUT2D eigenvalue weighted by Gasteiger charge is 2.12. The highest BCUT2D eigenvalue weighted by Crippen LogP contribution is 2.03. The topological polar surface area (TPSA) is 52.1 Å². The first-order valence-electron chi connectivity index (χ1n) is 10.6. The van der Waals surface area contributed by atoms with Gasteiger partial charge in [0.25, 0.3) is 0 Å². The van der Waals surface area contributed by atoms with E-state index in [4.69, 9.17) is 4.74 Å². The zero-order valence-corrected chi connectivity index (χ0v) is 18.0. The van der Waals surface area contributed by atoms with Crippen molar-refractivity contribution in [1.29, 1.82) is 0 Å². The minimum Gasteiger partial charge on any atom is -0.376 e. The molecule has 1 saturated heterocycles. The fourth-order valence-corrected chi connectivity index (χ4v) is 3.24. The molecule has 28 heavy (non-hydrogen) atoms. The first kappa shape index (κ1) is 22.7. The summed E-state index contributed by atoms with van der Waals surface area (Å²) in [6.45, 7) is 11.4. The Kier molecular flexibility index (Phi) is 10.9. The van der Waals surface area contributed by atoms with Gasteiger partial charge in [0.05, 0.1) is 13.2 Å². The van der Waals surface area contributed by atoms with Gasteiger partial charge in [-0.05, 0) is 37.9 Å². The molecule has 0 aromatic heterocycles. The van der Waals surface area contributed by atoms with Crippen molar-refractivity contribution < 1.29 is 4.74 Å². The highest BCUT2D eigenvalue weighted by molar-refractivity contribution is 5.79. The Labute approximate surface area is 171 Å². The van der Waals surface area contributed by atoms with E-state index in [0.717, 1.165) is 25.7 Å². The van der Waals surface area contributed by atoms with Gasteiger partial charge in [0.1, 0.15) is 0 Å². The number of likely N-dealkylation sites (N-methyl/N-ethyl adjacent to an activating group) is 1. The van der Waals surface area contributed by atoms with Gasteiger partial charge in [0.15, 0.2) is 5.96 Å². The summed E-state index contributed by atoms with van der Waals surface area (Å²) in [5.74, 6) is 1.31. The standard InChI is InChI=1S/C22H39N5O/c1-20(18-28-19-21-9-5-4-6-10-21)17-25-22(23-2)24-11-7-8-12-27-15-13-26(3)14-16-27/h4-6,9-10,20H,7-8,11-19H2,1-3H3,(H2,23,24,25). The Morgan fingerprint density at radius 1 is 1.11 bits per heavy atom. The number of ether oxygens (including phenoxy) is 1. The third-order valence-corrected chi connectivity index (χ3v) is 5.14. The number of rotatable bonds is 11. The molecule has 1 fully saturated rings. The van der Waals surface area contributed by atoms with Crippen LogP contribution in [-0.2, 0) is 11.3 Å². The summed E-state index contributed by atoms with van der Waals surface area (Å²) >= 11 is 0. The Morgan fingerprint density at radius 3 is 2.57 bits per heavy atom. The van der Waals surface area contributed by atoms with Crippen LogP contribution in [0, 0.1) is 5.92 Å². The lowest BCUT2D eigenvalue weighted by molar-refractivity contribution is 0.0931. The van der Waals surface area contributed by atoms with Crippen LogP contribution in [0.25, 0.3) is 0 Å². The van der Waals surface area contributed by atoms with E-state index >= 15 is 0 Å². The van der Waals surface area contributed by atoms with Crippen LogP contribution in [-0.4, -0.2) is 82.3 Å².